The van der Waals surface area contributed by atoms with E-state index in [0.717, 1.165) is 6.42 Å². The minimum atomic E-state index is 0.375. The van der Waals surface area contributed by atoms with Gasteiger partial charge in [0.15, 0.2) is 0 Å². The second-order valence-corrected chi connectivity index (χ2v) is 5.27. The van der Waals surface area contributed by atoms with Gasteiger partial charge in [0.1, 0.15) is 0 Å². The van der Waals surface area contributed by atoms with Gasteiger partial charge in [-0.2, -0.15) is 0 Å². The topological polar surface area (TPSA) is 0 Å². The molecule has 0 atom stereocenters. The molecule has 65 valence electrons. The van der Waals surface area contributed by atoms with E-state index in [4.69, 9.17) is 0 Å². The Kier molecular flexibility index (Phi) is 2.98. The predicted molar refractivity (Wildman–Crippen MR) is 55.0 cm³/mol. The van der Waals surface area contributed by atoms with Crippen LogP contribution < -0.4 is 4.46 Å². The normalized spacial score (nSPS) is 11.6. The van der Waals surface area contributed by atoms with Crippen LogP contribution in [0.2, 0.25) is 0 Å². The Bertz CT molecular complexity index is 258. The molecule has 0 aromatic heterocycles. The zero-order chi connectivity index (χ0) is 9.19. The van der Waals surface area contributed by atoms with E-state index in [0.29, 0.717) is 5.41 Å². The first kappa shape index (κ1) is 9.82. The van der Waals surface area contributed by atoms with Crippen LogP contribution in [0.15, 0.2) is 24.3 Å². The van der Waals surface area contributed by atoms with Gasteiger partial charge in [0.25, 0.3) is 0 Å². The zero-order valence-corrected chi connectivity index (χ0v) is 9.64. The van der Waals surface area contributed by atoms with Gasteiger partial charge in [0.2, 0.25) is 0 Å². The molecule has 0 unspecified atom stereocenters. The third-order valence-electron chi connectivity index (χ3n) is 1.69. The molecule has 0 bridgehead atoms. The monoisotopic (exact) mass is 227 g/mol. The summed E-state index contributed by atoms with van der Waals surface area (Å²) in [6.45, 7) is 6.79. The van der Waals surface area contributed by atoms with Crippen LogP contribution in [0.5, 0.6) is 0 Å². The fraction of sp³-hybridized carbons (Fsp3) is 0.455. The van der Waals surface area contributed by atoms with Gasteiger partial charge in [0, 0.05) is 0 Å². The van der Waals surface area contributed by atoms with Crippen LogP contribution in [0.3, 0.4) is 0 Å². The molecule has 0 N–H and O–H groups in total. The molecule has 0 amide bonds. The minimum absolute atomic E-state index is 0.375. The molecule has 0 saturated heterocycles. The van der Waals surface area contributed by atoms with Gasteiger partial charge in [-0.1, -0.05) is 0 Å². The van der Waals surface area contributed by atoms with Gasteiger partial charge >= 0.3 is 82.9 Å². The van der Waals surface area contributed by atoms with Gasteiger partial charge in [-0.25, -0.2) is 0 Å². The van der Waals surface area contributed by atoms with Gasteiger partial charge < -0.3 is 0 Å². The Hall–Kier alpha value is -0.261. The fourth-order valence-corrected chi connectivity index (χ4v) is 1.68. The van der Waals surface area contributed by atoms with Crippen molar-refractivity contribution in [3.63, 3.8) is 0 Å². The summed E-state index contributed by atoms with van der Waals surface area (Å²) >= 11 is 3.09. The van der Waals surface area contributed by atoms with Crippen LogP contribution in [0.4, 0.5) is 0 Å². The van der Waals surface area contributed by atoms with E-state index in [1.54, 1.807) is 0 Å². The molecule has 0 aliphatic heterocycles. The molecule has 0 fully saturated rings. The summed E-state index contributed by atoms with van der Waals surface area (Å²) in [7, 11) is 0. The van der Waals surface area contributed by atoms with Crippen molar-refractivity contribution in [2.24, 2.45) is 5.41 Å². The summed E-state index contributed by atoms with van der Waals surface area (Å²) in [6.07, 6.45) is 1.14. The molecule has 0 saturated carbocycles. The number of hydrogen-bond donors (Lipinski definition) is 0. The molecule has 1 heteroatoms. The maximum atomic E-state index is 3.09. The van der Waals surface area contributed by atoms with Crippen molar-refractivity contribution < 1.29 is 0 Å². The average Bonchev–Trinajstić information content (AvgIpc) is 1.91. The molecule has 1 rings (SSSR count). The third-order valence-corrected chi connectivity index (χ3v) is 2.53. The molecule has 0 heterocycles. The number of rotatable bonds is 1. The predicted octanol–water partition coefficient (Wildman–Crippen LogP) is 2.07. The molecule has 0 spiro atoms. The van der Waals surface area contributed by atoms with Crippen LogP contribution in [0, 0.1) is 5.41 Å². The molecule has 0 aliphatic rings. The first-order valence-corrected chi connectivity index (χ1v) is 5.10. The third kappa shape index (κ3) is 3.00. The van der Waals surface area contributed by atoms with E-state index >= 15 is 0 Å². The van der Waals surface area contributed by atoms with E-state index in [9.17, 15) is 0 Å². The first-order chi connectivity index (χ1) is 5.49. The molecule has 0 nitrogen and oxygen atoms in total. The van der Waals surface area contributed by atoms with Crippen molar-refractivity contribution in [2.75, 3.05) is 0 Å². The van der Waals surface area contributed by atoms with Crippen LogP contribution >= 0.6 is 0 Å². The van der Waals surface area contributed by atoms with E-state index < -0.39 is 0 Å². The summed E-state index contributed by atoms with van der Waals surface area (Å²) in [5.74, 6) is 0. The summed E-state index contributed by atoms with van der Waals surface area (Å²) < 4.78 is 1.28. The van der Waals surface area contributed by atoms with E-state index in [1.807, 2.05) is 0 Å². The average molecular weight is 226 g/mol. The zero-order valence-electron chi connectivity index (χ0n) is 7.92. The van der Waals surface area contributed by atoms with Gasteiger partial charge in [-0.05, 0) is 0 Å². The quantitative estimate of drug-likeness (QED) is 0.643. The summed E-state index contributed by atoms with van der Waals surface area (Å²) in [5.41, 5.74) is 1.80. The van der Waals surface area contributed by atoms with E-state index in [-0.39, 0.29) is 0 Å². The Balaban J connectivity index is 2.83. The standard InChI is InChI=1S/C11H15Se/c1-11(2,3)8-9-6-4-5-7-10(9)12/h4-7H,8H2,1-3H3. The second-order valence-electron chi connectivity index (χ2n) is 4.35. The van der Waals surface area contributed by atoms with Crippen molar-refractivity contribution in [1.29, 1.82) is 0 Å². The van der Waals surface area contributed by atoms with E-state index in [2.05, 4.69) is 61.0 Å². The van der Waals surface area contributed by atoms with Crippen molar-refractivity contribution in [2.45, 2.75) is 27.2 Å². The number of benzene rings is 1. The van der Waals surface area contributed by atoms with Crippen molar-refractivity contribution in [3.8, 4) is 0 Å². The van der Waals surface area contributed by atoms with Crippen molar-refractivity contribution in [1.82, 2.24) is 0 Å². The first-order valence-electron chi connectivity index (χ1n) is 4.24. The van der Waals surface area contributed by atoms with Crippen LogP contribution in [-0.2, 0) is 6.42 Å². The molecule has 1 aromatic carbocycles. The molecule has 0 aliphatic carbocycles. The molecule has 12 heavy (non-hydrogen) atoms. The van der Waals surface area contributed by atoms with Crippen LogP contribution in [-0.4, -0.2) is 16.0 Å². The van der Waals surface area contributed by atoms with Gasteiger partial charge in [-0.15, -0.1) is 0 Å². The fourth-order valence-electron chi connectivity index (χ4n) is 1.22. The summed E-state index contributed by atoms with van der Waals surface area (Å²) in [5, 5.41) is 0. The van der Waals surface area contributed by atoms with Crippen LogP contribution in [0.1, 0.15) is 26.3 Å². The summed E-state index contributed by atoms with van der Waals surface area (Å²) in [6, 6.07) is 8.48. The number of hydrogen-bond acceptors (Lipinski definition) is 0. The second kappa shape index (κ2) is 3.64. The van der Waals surface area contributed by atoms with Crippen molar-refractivity contribution >= 4 is 20.5 Å². The molecule has 1 aromatic rings. The van der Waals surface area contributed by atoms with Gasteiger partial charge in [0.05, 0.1) is 0 Å². The Morgan fingerprint density at radius 1 is 1.17 bits per heavy atom. The Morgan fingerprint density at radius 3 is 2.25 bits per heavy atom. The Morgan fingerprint density at radius 2 is 1.75 bits per heavy atom. The molecular weight excluding hydrogens is 211 g/mol. The summed E-state index contributed by atoms with van der Waals surface area (Å²) in [4.78, 5) is 0. The van der Waals surface area contributed by atoms with E-state index in [1.165, 1.54) is 10.0 Å². The molecular formula is C11H15Se. The SMILES string of the molecule is CC(C)(C)Cc1ccccc1[Se]. The van der Waals surface area contributed by atoms with Gasteiger partial charge in [-0.3, -0.25) is 0 Å². The van der Waals surface area contributed by atoms with Crippen LogP contribution in [0.25, 0.3) is 0 Å². The Labute approximate surface area is 83.2 Å². The maximum absolute atomic E-state index is 3.09. The van der Waals surface area contributed by atoms with Crippen molar-refractivity contribution in [3.05, 3.63) is 29.8 Å². The molecule has 1 radical (unpaired) electrons.